The Labute approximate surface area is 203 Å². The van der Waals surface area contributed by atoms with E-state index in [0.29, 0.717) is 16.0 Å². The summed E-state index contributed by atoms with van der Waals surface area (Å²) in [5, 5.41) is 13.1. The van der Waals surface area contributed by atoms with Gasteiger partial charge in [-0.05, 0) is 59.3 Å². The predicted molar refractivity (Wildman–Crippen MR) is 125 cm³/mol. The first-order chi connectivity index (χ1) is 16.1. The topological polar surface area (TPSA) is 102 Å². The second-order valence-electron chi connectivity index (χ2n) is 7.61. The maximum absolute atomic E-state index is 14.0. The van der Waals surface area contributed by atoms with Crippen molar-refractivity contribution in [1.29, 1.82) is 5.26 Å². The van der Waals surface area contributed by atoms with E-state index in [4.69, 9.17) is 16.9 Å². The number of nitrogens with zero attached hydrogens (tertiary/aromatic N) is 2. The van der Waals surface area contributed by atoms with Gasteiger partial charge in [0.15, 0.2) is 0 Å². The molecule has 2 N–H and O–H groups in total. The summed E-state index contributed by atoms with van der Waals surface area (Å²) in [5.41, 5.74) is 1.36. The van der Waals surface area contributed by atoms with Crippen LogP contribution in [-0.4, -0.2) is 31.7 Å². The molecule has 1 aliphatic heterocycles. The second kappa shape index (κ2) is 9.40. The van der Waals surface area contributed by atoms with Gasteiger partial charge in [-0.15, -0.1) is 11.3 Å². The fourth-order valence-electron chi connectivity index (χ4n) is 3.57. The van der Waals surface area contributed by atoms with Gasteiger partial charge in [-0.2, -0.15) is 22.7 Å². The Morgan fingerprint density at radius 2 is 1.97 bits per heavy atom. The quantitative estimate of drug-likeness (QED) is 0.529. The van der Waals surface area contributed by atoms with Crippen molar-refractivity contribution in [2.24, 2.45) is 0 Å². The number of hydrogen-bond donors (Lipinski definition) is 2. The zero-order valence-corrected chi connectivity index (χ0v) is 19.9. The van der Waals surface area contributed by atoms with Crippen molar-refractivity contribution in [3.8, 4) is 17.2 Å². The molecule has 3 aromatic rings. The Morgan fingerprint density at radius 1 is 1.21 bits per heavy atom. The van der Waals surface area contributed by atoms with Crippen molar-refractivity contribution in [2.45, 2.75) is 18.5 Å². The Bertz CT molecular complexity index is 1420. The third-order valence-electron chi connectivity index (χ3n) is 5.44. The Hall–Kier alpha value is -2.88. The summed E-state index contributed by atoms with van der Waals surface area (Å²) >= 11 is 7.03. The fourth-order valence-corrected chi connectivity index (χ4v) is 6.07. The fraction of sp³-hybridized carbons (Fsp3) is 0.182. The molecule has 0 saturated carbocycles. The normalized spacial score (nSPS) is 20.0. The molecule has 1 saturated heterocycles. The number of hydrogen-bond acceptors (Lipinski definition) is 5. The molecule has 2 atom stereocenters. The predicted octanol–water partition coefficient (Wildman–Crippen LogP) is 4.44. The van der Waals surface area contributed by atoms with Gasteiger partial charge in [0.05, 0.1) is 16.6 Å². The smallest absolute Gasteiger partial charge is 0.280 e. The number of benzene rings is 2. The van der Waals surface area contributed by atoms with Crippen LogP contribution < -0.4 is 10.0 Å². The first-order valence-electron chi connectivity index (χ1n) is 9.88. The van der Waals surface area contributed by atoms with Gasteiger partial charge >= 0.3 is 0 Å². The number of nitrogens with one attached hydrogen (secondary N) is 2. The molecule has 4 rings (SSSR count). The van der Waals surface area contributed by atoms with Gasteiger partial charge in [-0.25, -0.2) is 8.78 Å². The van der Waals surface area contributed by atoms with E-state index in [1.165, 1.54) is 42.6 Å². The van der Waals surface area contributed by atoms with E-state index in [1.54, 1.807) is 23.6 Å². The van der Waals surface area contributed by atoms with Gasteiger partial charge in [0.2, 0.25) is 5.91 Å². The van der Waals surface area contributed by atoms with Gasteiger partial charge in [0, 0.05) is 17.6 Å². The summed E-state index contributed by atoms with van der Waals surface area (Å²) in [6, 6.07) is 9.64. The van der Waals surface area contributed by atoms with E-state index >= 15 is 0 Å². The number of carbonyl (C=O) groups excluding carboxylic acids is 1. The van der Waals surface area contributed by atoms with E-state index in [1.807, 2.05) is 0 Å². The zero-order chi connectivity index (χ0) is 24.6. The van der Waals surface area contributed by atoms with Gasteiger partial charge in [0.1, 0.15) is 23.7 Å². The van der Waals surface area contributed by atoms with E-state index in [-0.39, 0.29) is 22.7 Å². The molecule has 0 bridgehead atoms. The van der Waals surface area contributed by atoms with Crippen molar-refractivity contribution >= 4 is 44.7 Å². The highest BCUT2D eigenvalue weighted by molar-refractivity contribution is 7.87. The summed E-state index contributed by atoms with van der Waals surface area (Å²) in [7, 11) is -2.69. The van der Waals surface area contributed by atoms with Crippen molar-refractivity contribution in [2.75, 3.05) is 12.4 Å². The van der Waals surface area contributed by atoms with Crippen molar-refractivity contribution < 1.29 is 22.0 Å². The Kier molecular flexibility index (Phi) is 6.71. The van der Waals surface area contributed by atoms with Crippen LogP contribution in [0.3, 0.4) is 0 Å². The molecule has 2 heterocycles. The highest BCUT2D eigenvalue weighted by Crippen LogP contribution is 2.35. The summed E-state index contributed by atoms with van der Waals surface area (Å²) in [5.74, 6) is -1.88. The molecular weight excluding hydrogens is 506 g/mol. The molecule has 2 aromatic carbocycles. The Morgan fingerprint density at radius 3 is 2.65 bits per heavy atom. The second-order valence-corrected chi connectivity index (χ2v) is 10.7. The number of halogens is 3. The molecule has 34 heavy (non-hydrogen) atoms. The highest BCUT2D eigenvalue weighted by atomic mass is 35.5. The molecule has 1 aliphatic rings. The van der Waals surface area contributed by atoms with Crippen molar-refractivity contribution in [3.63, 3.8) is 0 Å². The number of likely N-dealkylation sites (N-methyl/N-ethyl adjacent to an activating group) is 1. The minimum Gasteiger partial charge on any atom is -0.325 e. The number of nitriles is 1. The maximum Gasteiger partial charge on any atom is 0.280 e. The molecule has 1 amide bonds. The molecule has 1 aromatic heterocycles. The number of thiophene rings is 1. The van der Waals surface area contributed by atoms with Gasteiger partial charge in [-0.1, -0.05) is 17.7 Å². The van der Waals surface area contributed by atoms with Crippen LogP contribution in [0.2, 0.25) is 5.02 Å². The molecule has 0 aliphatic carbocycles. The molecule has 0 radical (unpaired) electrons. The number of carbonyl (C=O) groups is 1. The summed E-state index contributed by atoms with van der Waals surface area (Å²) in [6.07, 6.45) is 0.123. The highest BCUT2D eigenvalue weighted by Gasteiger charge is 2.41. The van der Waals surface area contributed by atoms with E-state index < -0.39 is 39.8 Å². The van der Waals surface area contributed by atoms with E-state index in [0.717, 1.165) is 10.4 Å². The largest absolute Gasteiger partial charge is 0.325 e. The Balaban J connectivity index is 1.58. The van der Waals surface area contributed by atoms with Gasteiger partial charge < -0.3 is 5.32 Å². The standard InChI is InChI=1S/C22H17ClF2N4O3S2/c1-29-20(22(30)27-15-4-5-17(24)16(23)8-15)9-19(28-34(29,31)32)21-7-14(11-33-21)12-2-3-13(10-26)18(25)6-12/h2-8,11,19-20,28H,9H2,1H3,(H,27,30)/t19-,20+/m0/s1. The number of rotatable bonds is 4. The van der Waals surface area contributed by atoms with Crippen LogP contribution in [0.25, 0.3) is 11.1 Å². The maximum atomic E-state index is 14.0. The molecule has 1 fully saturated rings. The lowest BCUT2D eigenvalue weighted by Gasteiger charge is -2.35. The molecule has 176 valence electrons. The lowest BCUT2D eigenvalue weighted by atomic mass is 10.0. The van der Waals surface area contributed by atoms with Crippen LogP contribution in [-0.2, 0) is 15.0 Å². The monoisotopic (exact) mass is 522 g/mol. The summed E-state index contributed by atoms with van der Waals surface area (Å²) in [6.45, 7) is 0. The van der Waals surface area contributed by atoms with Crippen LogP contribution >= 0.6 is 22.9 Å². The van der Waals surface area contributed by atoms with Gasteiger partial charge in [-0.3, -0.25) is 4.79 Å². The number of amides is 1. The van der Waals surface area contributed by atoms with E-state index in [2.05, 4.69) is 10.0 Å². The SMILES string of the molecule is CN1[C@@H](C(=O)Nc2ccc(F)c(Cl)c2)C[C@@H](c2cc(-c3ccc(C#N)c(F)c3)cs2)NS1(=O)=O. The third-order valence-corrected chi connectivity index (χ3v) is 8.38. The first kappa shape index (κ1) is 24.3. The van der Waals surface area contributed by atoms with Crippen molar-refractivity contribution in [1.82, 2.24) is 9.03 Å². The van der Waals surface area contributed by atoms with Crippen LogP contribution in [0, 0.1) is 23.0 Å². The molecule has 0 spiro atoms. The molecular formula is C22H17ClF2N4O3S2. The van der Waals surface area contributed by atoms with Crippen LogP contribution in [0.15, 0.2) is 47.8 Å². The minimum absolute atomic E-state index is 0.0708. The summed E-state index contributed by atoms with van der Waals surface area (Å²) in [4.78, 5) is 13.6. The third kappa shape index (κ3) is 4.82. The van der Waals surface area contributed by atoms with E-state index in [9.17, 15) is 22.0 Å². The summed E-state index contributed by atoms with van der Waals surface area (Å²) < 4.78 is 56.3. The van der Waals surface area contributed by atoms with Crippen LogP contribution in [0.1, 0.15) is 22.9 Å². The zero-order valence-electron chi connectivity index (χ0n) is 17.6. The van der Waals surface area contributed by atoms with Crippen LogP contribution in [0.4, 0.5) is 14.5 Å². The molecule has 0 unspecified atom stereocenters. The molecule has 7 nitrogen and oxygen atoms in total. The van der Waals surface area contributed by atoms with Gasteiger partial charge in [0.25, 0.3) is 10.2 Å². The first-order valence-corrected chi connectivity index (χ1v) is 12.6. The average molecular weight is 523 g/mol. The number of anilines is 1. The lowest BCUT2D eigenvalue weighted by molar-refractivity contribution is -0.120. The van der Waals surface area contributed by atoms with Crippen LogP contribution in [0.5, 0.6) is 0 Å². The molecule has 12 heteroatoms. The lowest BCUT2D eigenvalue weighted by Crippen LogP contribution is -2.55. The minimum atomic E-state index is -3.98. The average Bonchev–Trinajstić information content (AvgIpc) is 3.28. The van der Waals surface area contributed by atoms with Crippen molar-refractivity contribution in [3.05, 3.63) is 74.9 Å².